The van der Waals surface area contributed by atoms with Crippen molar-refractivity contribution in [2.24, 2.45) is 5.92 Å². The molecule has 1 heterocycles. The van der Waals surface area contributed by atoms with Gasteiger partial charge in [0.1, 0.15) is 12.4 Å². The number of nitrogens with zero attached hydrogens (tertiary/aromatic N) is 2. The van der Waals surface area contributed by atoms with Crippen molar-refractivity contribution in [3.8, 4) is 0 Å². The summed E-state index contributed by atoms with van der Waals surface area (Å²) in [7, 11) is -3.59. The molecule has 1 atom stereocenters. The molecule has 1 aliphatic rings. The van der Waals surface area contributed by atoms with E-state index in [1.54, 1.807) is 24.3 Å². The van der Waals surface area contributed by atoms with Crippen molar-refractivity contribution in [2.75, 3.05) is 41.6 Å². The molecule has 8 heteroatoms. The molecule has 0 radical (unpaired) electrons. The number of sulfonamides is 1. The van der Waals surface area contributed by atoms with E-state index in [0.29, 0.717) is 12.2 Å². The van der Waals surface area contributed by atoms with E-state index in [0.717, 1.165) is 41.3 Å². The van der Waals surface area contributed by atoms with Crippen LogP contribution in [0, 0.1) is 18.7 Å². The third kappa shape index (κ3) is 5.47. The van der Waals surface area contributed by atoms with Crippen molar-refractivity contribution >= 4 is 27.3 Å². The van der Waals surface area contributed by atoms with Gasteiger partial charge in [0.25, 0.3) is 0 Å². The Morgan fingerprint density at radius 2 is 1.90 bits per heavy atom. The van der Waals surface area contributed by atoms with Crippen LogP contribution in [0.4, 0.5) is 15.8 Å². The molecule has 1 amide bonds. The topological polar surface area (TPSA) is 69.7 Å². The summed E-state index contributed by atoms with van der Waals surface area (Å²) in [4.78, 5) is 14.6. The molecule has 2 aromatic rings. The van der Waals surface area contributed by atoms with E-state index in [-0.39, 0.29) is 24.2 Å². The standard InChI is InChI=1S/C21H26FN3O3S/c1-16-5-3-4-6-20(16)25(29(2,27)28)15-21(26)23-13-17-11-12-24(14-17)19-9-7-18(22)8-10-19/h3-10,17H,11-15H2,1-2H3,(H,23,26). The lowest BCUT2D eigenvalue weighted by molar-refractivity contribution is -0.119. The van der Waals surface area contributed by atoms with Gasteiger partial charge in [0.2, 0.25) is 15.9 Å². The summed E-state index contributed by atoms with van der Waals surface area (Å²) < 4.78 is 38.7. The van der Waals surface area contributed by atoms with Crippen LogP contribution >= 0.6 is 0 Å². The number of carbonyl (C=O) groups excluding carboxylic acids is 1. The second kappa shape index (κ2) is 8.82. The molecule has 6 nitrogen and oxygen atoms in total. The minimum atomic E-state index is -3.59. The summed E-state index contributed by atoms with van der Waals surface area (Å²) in [5, 5.41) is 2.87. The van der Waals surface area contributed by atoms with Crippen LogP contribution in [0.1, 0.15) is 12.0 Å². The summed E-state index contributed by atoms with van der Waals surface area (Å²) in [6.45, 7) is 3.64. The summed E-state index contributed by atoms with van der Waals surface area (Å²) in [6.07, 6.45) is 2.01. The highest BCUT2D eigenvalue weighted by Gasteiger charge is 2.25. The van der Waals surface area contributed by atoms with E-state index in [4.69, 9.17) is 0 Å². The summed E-state index contributed by atoms with van der Waals surface area (Å²) >= 11 is 0. The molecule has 1 saturated heterocycles. The molecule has 1 N–H and O–H groups in total. The number of hydrogen-bond donors (Lipinski definition) is 1. The quantitative estimate of drug-likeness (QED) is 0.749. The third-order valence-corrected chi connectivity index (χ3v) is 6.26. The van der Waals surface area contributed by atoms with Gasteiger partial charge in [0.15, 0.2) is 0 Å². The smallest absolute Gasteiger partial charge is 0.240 e. The van der Waals surface area contributed by atoms with E-state index in [1.165, 1.54) is 12.1 Å². The fraction of sp³-hybridized carbons (Fsp3) is 0.381. The Labute approximate surface area is 171 Å². The Morgan fingerprint density at radius 3 is 2.55 bits per heavy atom. The van der Waals surface area contributed by atoms with Gasteiger partial charge in [-0.2, -0.15) is 0 Å². The molecule has 0 spiro atoms. The highest BCUT2D eigenvalue weighted by molar-refractivity contribution is 7.92. The zero-order valence-corrected chi connectivity index (χ0v) is 17.5. The highest BCUT2D eigenvalue weighted by Crippen LogP contribution is 2.24. The zero-order chi connectivity index (χ0) is 21.0. The van der Waals surface area contributed by atoms with E-state index in [2.05, 4.69) is 10.2 Å². The Morgan fingerprint density at radius 1 is 1.21 bits per heavy atom. The number of carbonyl (C=O) groups is 1. The Kier molecular flexibility index (Phi) is 6.42. The number of aryl methyl sites for hydroxylation is 1. The maximum Gasteiger partial charge on any atom is 0.240 e. The Bertz CT molecular complexity index is 963. The maximum absolute atomic E-state index is 13.1. The molecule has 0 aromatic heterocycles. The molecule has 2 aromatic carbocycles. The fourth-order valence-corrected chi connectivity index (χ4v) is 4.47. The van der Waals surface area contributed by atoms with Gasteiger partial charge in [-0.05, 0) is 55.2 Å². The number of nitrogens with one attached hydrogen (secondary N) is 1. The first-order valence-electron chi connectivity index (χ1n) is 9.54. The number of benzene rings is 2. The number of halogens is 1. The highest BCUT2D eigenvalue weighted by atomic mass is 32.2. The van der Waals surface area contributed by atoms with Crippen LogP contribution in [0.25, 0.3) is 0 Å². The molecule has 156 valence electrons. The lowest BCUT2D eigenvalue weighted by atomic mass is 10.1. The first-order valence-corrected chi connectivity index (χ1v) is 11.4. The van der Waals surface area contributed by atoms with Gasteiger partial charge >= 0.3 is 0 Å². The average Bonchev–Trinajstić information content (AvgIpc) is 3.14. The van der Waals surface area contributed by atoms with Gasteiger partial charge in [-0.1, -0.05) is 18.2 Å². The minimum Gasteiger partial charge on any atom is -0.371 e. The molecule has 1 fully saturated rings. The molecule has 1 aliphatic heterocycles. The largest absolute Gasteiger partial charge is 0.371 e. The lowest BCUT2D eigenvalue weighted by Crippen LogP contribution is -2.42. The van der Waals surface area contributed by atoms with Gasteiger partial charge < -0.3 is 10.2 Å². The van der Waals surface area contributed by atoms with Gasteiger partial charge in [0.05, 0.1) is 11.9 Å². The molecule has 3 rings (SSSR count). The number of hydrogen-bond acceptors (Lipinski definition) is 4. The maximum atomic E-state index is 13.1. The summed E-state index contributed by atoms with van der Waals surface area (Å²) in [5.41, 5.74) is 2.26. The van der Waals surface area contributed by atoms with Crippen LogP contribution in [-0.4, -0.2) is 46.8 Å². The minimum absolute atomic E-state index is 0.252. The van der Waals surface area contributed by atoms with E-state index < -0.39 is 10.0 Å². The summed E-state index contributed by atoms with van der Waals surface area (Å²) in [6, 6.07) is 13.5. The van der Waals surface area contributed by atoms with Crippen molar-refractivity contribution in [3.63, 3.8) is 0 Å². The number of rotatable bonds is 7. The van der Waals surface area contributed by atoms with Gasteiger partial charge in [-0.25, -0.2) is 12.8 Å². The normalized spacial score (nSPS) is 16.7. The number of para-hydroxylation sites is 1. The second-order valence-electron chi connectivity index (χ2n) is 7.44. The van der Waals surface area contributed by atoms with Crippen LogP contribution in [0.5, 0.6) is 0 Å². The molecule has 0 aliphatic carbocycles. The van der Waals surface area contributed by atoms with Crippen molar-refractivity contribution < 1.29 is 17.6 Å². The van der Waals surface area contributed by atoms with Crippen LogP contribution < -0.4 is 14.5 Å². The fourth-order valence-electron chi connectivity index (χ4n) is 3.55. The molecular weight excluding hydrogens is 393 g/mol. The SMILES string of the molecule is Cc1ccccc1N(CC(=O)NCC1CCN(c2ccc(F)cc2)C1)S(C)(=O)=O. The van der Waals surface area contributed by atoms with Gasteiger partial charge in [0, 0.05) is 25.3 Å². The predicted octanol–water partition coefficient (Wildman–Crippen LogP) is 2.54. The Balaban J connectivity index is 1.56. The summed E-state index contributed by atoms with van der Waals surface area (Å²) in [5.74, 6) is -0.339. The lowest BCUT2D eigenvalue weighted by Gasteiger charge is -2.24. The van der Waals surface area contributed by atoms with Crippen molar-refractivity contribution in [1.29, 1.82) is 0 Å². The third-order valence-electron chi connectivity index (χ3n) is 5.14. The first-order chi connectivity index (χ1) is 13.7. The van der Waals surface area contributed by atoms with Gasteiger partial charge in [-0.3, -0.25) is 9.10 Å². The number of anilines is 2. The Hall–Kier alpha value is -2.61. The molecular formula is C21H26FN3O3S. The molecule has 29 heavy (non-hydrogen) atoms. The number of amides is 1. The predicted molar refractivity (Wildman–Crippen MR) is 113 cm³/mol. The van der Waals surface area contributed by atoms with Gasteiger partial charge in [-0.15, -0.1) is 0 Å². The van der Waals surface area contributed by atoms with Crippen molar-refractivity contribution in [3.05, 3.63) is 59.9 Å². The van der Waals surface area contributed by atoms with Crippen LogP contribution in [0.2, 0.25) is 0 Å². The molecule has 0 bridgehead atoms. The van der Waals surface area contributed by atoms with Crippen molar-refractivity contribution in [1.82, 2.24) is 5.32 Å². The zero-order valence-electron chi connectivity index (χ0n) is 16.6. The van der Waals surface area contributed by atoms with Crippen LogP contribution in [0.15, 0.2) is 48.5 Å². The monoisotopic (exact) mass is 419 g/mol. The van der Waals surface area contributed by atoms with E-state index in [1.807, 2.05) is 19.1 Å². The first kappa shape index (κ1) is 21.1. The van der Waals surface area contributed by atoms with Crippen molar-refractivity contribution in [2.45, 2.75) is 13.3 Å². The van der Waals surface area contributed by atoms with Crippen LogP contribution in [0.3, 0.4) is 0 Å². The average molecular weight is 420 g/mol. The van der Waals surface area contributed by atoms with Crippen LogP contribution in [-0.2, 0) is 14.8 Å². The molecule has 1 unspecified atom stereocenters. The van der Waals surface area contributed by atoms with E-state index >= 15 is 0 Å². The second-order valence-corrected chi connectivity index (χ2v) is 9.34. The molecule has 0 saturated carbocycles. The van der Waals surface area contributed by atoms with E-state index in [9.17, 15) is 17.6 Å².